The van der Waals surface area contributed by atoms with E-state index < -0.39 is 17.2 Å². The molecule has 35 heavy (non-hydrogen) atoms. The van der Waals surface area contributed by atoms with Crippen molar-refractivity contribution in [3.8, 4) is 5.75 Å². The number of halogens is 2. The van der Waals surface area contributed by atoms with Crippen LogP contribution >= 0.6 is 23.2 Å². The molecule has 0 spiro atoms. The van der Waals surface area contributed by atoms with Crippen LogP contribution in [0, 0.1) is 13.8 Å². The molecule has 182 valence electrons. The largest absolute Gasteiger partial charge is 0.501 e. The van der Waals surface area contributed by atoms with Gasteiger partial charge in [-0.05, 0) is 44.4 Å². The molecule has 1 fully saturated rings. The molecule has 0 unspecified atom stereocenters. The van der Waals surface area contributed by atoms with Crippen molar-refractivity contribution in [2.45, 2.75) is 57.9 Å². The van der Waals surface area contributed by atoms with Gasteiger partial charge in [0, 0.05) is 24.9 Å². The molecule has 8 heteroatoms. The maximum absolute atomic E-state index is 13.6. The van der Waals surface area contributed by atoms with E-state index in [1.807, 2.05) is 0 Å². The highest BCUT2D eigenvalue weighted by molar-refractivity contribution is 6.40. The molecular weight excluding hydrogens is 485 g/mol. The van der Waals surface area contributed by atoms with Gasteiger partial charge in [0.1, 0.15) is 5.82 Å². The Hall–Kier alpha value is -2.83. The van der Waals surface area contributed by atoms with Gasteiger partial charge in [0.15, 0.2) is 5.69 Å². The number of anilines is 1. The minimum Gasteiger partial charge on any atom is -0.501 e. The van der Waals surface area contributed by atoms with Crippen molar-refractivity contribution in [1.82, 2.24) is 9.55 Å². The Labute approximate surface area is 214 Å². The van der Waals surface area contributed by atoms with Gasteiger partial charge < -0.3 is 14.6 Å². The zero-order chi connectivity index (χ0) is 24.9. The van der Waals surface area contributed by atoms with Crippen LogP contribution in [0.1, 0.15) is 58.7 Å². The van der Waals surface area contributed by atoms with Gasteiger partial charge in [-0.3, -0.25) is 9.59 Å². The molecule has 2 aliphatic rings. The highest BCUT2D eigenvalue weighted by Crippen LogP contribution is 2.44. The molecule has 6 nitrogen and oxygen atoms in total. The molecule has 5 rings (SSSR count). The number of carbonyl (C=O) groups is 1. The number of fused-ring (bicyclic) bond motifs is 1. The number of aromatic hydroxyl groups is 1. The van der Waals surface area contributed by atoms with Crippen LogP contribution in [0.15, 0.2) is 41.2 Å². The lowest BCUT2D eigenvalue weighted by atomic mass is 9.75. The molecule has 1 saturated carbocycles. The average Bonchev–Trinajstić information content (AvgIpc) is 3.27. The minimum atomic E-state index is -0.791. The zero-order valence-corrected chi connectivity index (χ0v) is 21.3. The van der Waals surface area contributed by atoms with Gasteiger partial charge in [-0.1, -0.05) is 71.4 Å². The fourth-order valence-electron chi connectivity index (χ4n) is 5.77. The van der Waals surface area contributed by atoms with Crippen molar-refractivity contribution in [2.75, 3.05) is 11.4 Å². The molecule has 2 heterocycles. The molecule has 3 aromatic rings. The van der Waals surface area contributed by atoms with Crippen LogP contribution in [0.25, 0.3) is 0 Å². The first-order valence-corrected chi connectivity index (χ1v) is 12.6. The molecule has 0 saturated heterocycles. The second-order valence-corrected chi connectivity index (χ2v) is 10.6. The Bertz CT molecular complexity index is 1350. The smallest absolute Gasteiger partial charge is 0.315 e. The van der Waals surface area contributed by atoms with Crippen LogP contribution in [-0.4, -0.2) is 27.1 Å². The van der Waals surface area contributed by atoms with Gasteiger partial charge in [-0.15, -0.1) is 0 Å². The molecule has 0 radical (unpaired) electrons. The van der Waals surface area contributed by atoms with Gasteiger partial charge in [-0.2, -0.15) is 4.98 Å². The van der Waals surface area contributed by atoms with Crippen molar-refractivity contribution in [2.24, 2.45) is 0 Å². The topological polar surface area (TPSA) is 75.4 Å². The Balaban J connectivity index is 1.61. The summed E-state index contributed by atoms with van der Waals surface area (Å²) in [5.74, 6) is -0.628. The highest BCUT2D eigenvalue weighted by atomic mass is 35.5. The first-order chi connectivity index (χ1) is 16.7. The van der Waals surface area contributed by atoms with E-state index in [0.29, 0.717) is 41.1 Å². The summed E-state index contributed by atoms with van der Waals surface area (Å²) < 4.78 is 1.71. The van der Waals surface area contributed by atoms with Gasteiger partial charge in [0.2, 0.25) is 5.75 Å². The van der Waals surface area contributed by atoms with E-state index in [1.54, 1.807) is 22.8 Å². The molecule has 1 aromatic heterocycles. The summed E-state index contributed by atoms with van der Waals surface area (Å²) in [6.45, 7) is 4.85. The van der Waals surface area contributed by atoms with E-state index in [2.05, 4.69) is 37.0 Å². The van der Waals surface area contributed by atoms with Crippen molar-refractivity contribution < 1.29 is 9.90 Å². The van der Waals surface area contributed by atoms with Crippen molar-refractivity contribution in [1.29, 1.82) is 0 Å². The van der Waals surface area contributed by atoms with Gasteiger partial charge in [-0.25, -0.2) is 0 Å². The van der Waals surface area contributed by atoms with Crippen LogP contribution in [0.3, 0.4) is 0 Å². The van der Waals surface area contributed by atoms with Crippen LogP contribution in [-0.2, 0) is 18.4 Å². The molecule has 0 atom stereocenters. The monoisotopic (exact) mass is 511 g/mol. The summed E-state index contributed by atoms with van der Waals surface area (Å²) in [7, 11) is 0. The number of amides is 1. The van der Waals surface area contributed by atoms with Crippen molar-refractivity contribution in [3.05, 3.63) is 85.0 Å². The molecular formula is C27H27Cl2N3O3. The Kier molecular flexibility index (Phi) is 6.14. The van der Waals surface area contributed by atoms with E-state index in [-0.39, 0.29) is 11.1 Å². The number of para-hydroxylation sites is 1. The second-order valence-electron chi connectivity index (χ2n) is 9.75. The Morgan fingerprint density at radius 3 is 2.26 bits per heavy atom. The van der Waals surface area contributed by atoms with Crippen LogP contribution in [0.5, 0.6) is 5.75 Å². The molecule has 1 amide bonds. The summed E-state index contributed by atoms with van der Waals surface area (Å²) >= 11 is 12.7. The van der Waals surface area contributed by atoms with Crippen LogP contribution in [0.2, 0.25) is 10.0 Å². The summed E-state index contributed by atoms with van der Waals surface area (Å²) in [4.78, 5) is 32.0. The maximum Gasteiger partial charge on any atom is 0.315 e. The zero-order valence-electron chi connectivity index (χ0n) is 19.8. The summed E-state index contributed by atoms with van der Waals surface area (Å²) in [5.41, 5.74) is 3.00. The lowest BCUT2D eigenvalue weighted by Crippen LogP contribution is -2.44. The quantitative estimate of drug-likeness (QED) is 0.495. The average molecular weight is 512 g/mol. The van der Waals surface area contributed by atoms with E-state index >= 15 is 0 Å². The fraction of sp³-hybridized carbons (Fsp3) is 0.370. The van der Waals surface area contributed by atoms with E-state index in [0.717, 1.165) is 25.7 Å². The fourth-order valence-corrected chi connectivity index (χ4v) is 6.38. The summed E-state index contributed by atoms with van der Waals surface area (Å²) in [6.07, 6.45) is 4.69. The predicted octanol–water partition coefficient (Wildman–Crippen LogP) is 5.59. The Morgan fingerprint density at radius 2 is 1.63 bits per heavy atom. The summed E-state index contributed by atoms with van der Waals surface area (Å²) in [6, 6.07) is 11.6. The Morgan fingerprint density at radius 1 is 1.00 bits per heavy atom. The first kappa shape index (κ1) is 23.9. The minimum absolute atomic E-state index is 0.0594. The number of aryl methyl sites for hydroxylation is 2. The van der Waals surface area contributed by atoms with Crippen LogP contribution in [0.4, 0.5) is 5.69 Å². The summed E-state index contributed by atoms with van der Waals surface area (Å²) in [5, 5.41) is 11.3. The molecule has 1 N–H and O–H groups in total. The SMILES string of the molecule is Cc1cc(C)cc(C2(Cc3nc(=O)c(O)c4n3CCN(c3c(Cl)cccc3Cl)C4=O)CCCC2)c1. The van der Waals surface area contributed by atoms with E-state index in [1.165, 1.54) is 21.6 Å². The lowest BCUT2D eigenvalue weighted by molar-refractivity contribution is 0.0957. The van der Waals surface area contributed by atoms with E-state index in [9.17, 15) is 14.7 Å². The second kappa shape index (κ2) is 8.99. The molecule has 0 bridgehead atoms. The third kappa shape index (κ3) is 4.13. The highest BCUT2D eigenvalue weighted by Gasteiger charge is 2.40. The number of hydrogen-bond acceptors (Lipinski definition) is 4. The molecule has 2 aromatic carbocycles. The number of aromatic nitrogens is 2. The maximum atomic E-state index is 13.6. The molecule has 1 aliphatic heterocycles. The van der Waals surface area contributed by atoms with Gasteiger partial charge in [0.25, 0.3) is 5.91 Å². The van der Waals surface area contributed by atoms with Crippen molar-refractivity contribution >= 4 is 34.8 Å². The van der Waals surface area contributed by atoms with Gasteiger partial charge >= 0.3 is 5.56 Å². The number of nitrogens with zero attached hydrogens (tertiary/aromatic N) is 3. The number of carbonyl (C=O) groups excluding carboxylic acids is 1. The number of hydrogen-bond donors (Lipinski definition) is 1. The third-order valence-electron chi connectivity index (χ3n) is 7.33. The third-order valence-corrected chi connectivity index (χ3v) is 7.94. The lowest BCUT2D eigenvalue weighted by Gasteiger charge is -2.35. The van der Waals surface area contributed by atoms with Crippen molar-refractivity contribution in [3.63, 3.8) is 0 Å². The standard InChI is InChI=1S/C27H27Cl2N3O3/c1-16-12-17(2)14-18(13-16)27(8-3-4-9-27)15-21-30-25(34)24(33)23-26(35)32(11-10-31(21)23)22-19(28)6-5-7-20(22)29/h5-7,12-14,33H,3-4,8-11,15H2,1-2H3. The van der Waals surface area contributed by atoms with Crippen LogP contribution < -0.4 is 10.5 Å². The van der Waals surface area contributed by atoms with E-state index in [4.69, 9.17) is 23.2 Å². The predicted molar refractivity (Wildman–Crippen MR) is 138 cm³/mol. The first-order valence-electron chi connectivity index (χ1n) is 11.9. The molecule has 1 aliphatic carbocycles. The number of benzene rings is 2. The normalized spacial score (nSPS) is 17.0. The number of rotatable bonds is 4. The van der Waals surface area contributed by atoms with Gasteiger partial charge in [0.05, 0.1) is 15.7 Å².